The fraction of sp³-hybridized carbons (Fsp3) is 0.250. The summed E-state index contributed by atoms with van der Waals surface area (Å²) >= 11 is 4.97. The van der Waals surface area contributed by atoms with E-state index in [1.54, 1.807) is 17.7 Å². The summed E-state index contributed by atoms with van der Waals surface area (Å²) in [4.78, 5) is 17.4. The lowest BCUT2D eigenvalue weighted by molar-refractivity contribution is 0.386. The van der Waals surface area contributed by atoms with Crippen molar-refractivity contribution >= 4 is 12.2 Å². The Morgan fingerprint density at radius 2 is 2.47 bits per heavy atom. The highest BCUT2D eigenvalue weighted by Crippen LogP contribution is 1.98. The summed E-state index contributed by atoms with van der Waals surface area (Å²) < 4.78 is 6.81. The molecule has 0 fully saturated rings. The van der Waals surface area contributed by atoms with Crippen LogP contribution >= 0.6 is 12.2 Å². The van der Waals surface area contributed by atoms with Gasteiger partial charge in [0, 0.05) is 19.2 Å². The molecule has 0 saturated heterocycles. The molecule has 0 atom stereocenters. The minimum absolute atomic E-state index is 0.222. The molecule has 2 rings (SSSR count). The van der Waals surface area contributed by atoms with Gasteiger partial charge in [-0.2, -0.15) is 4.98 Å². The first-order chi connectivity index (χ1) is 7.15. The molecular formula is C8H8N4O2S. The second-order valence-electron chi connectivity index (χ2n) is 2.97. The minimum Gasteiger partial charge on any atom is -0.340 e. The number of aromatic nitrogens is 4. The second kappa shape index (κ2) is 3.77. The summed E-state index contributed by atoms with van der Waals surface area (Å²) in [6, 6.07) is 1.39. The SMILES string of the molecule is Cc1nc(Cn2ccc(=O)[nH]c2=S)no1. The highest BCUT2D eigenvalue weighted by Gasteiger charge is 2.03. The smallest absolute Gasteiger partial charge is 0.251 e. The fourth-order valence-electron chi connectivity index (χ4n) is 1.13. The molecule has 1 N–H and O–H groups in total. The Morgan fingerprint density at radius 1 is 1.67 bits per heavy atom. The van der Waals surface area contributed by atoms with Crippen molar-refractivity contribution in [1.29, 1.82) is 0 Å². The third kappa shape index (κ3) is 2.18. The first kappa shape index (κ1) is 9.78. The zero-order chi connectivity index (χ0) is 10.8. The summed E-state index contributed by atoms with van der Waals surface area (Å²) in [5.41, 5.74) is -0.222. The van der Waals surface area contributed by atoms with Gasteiger partial charge in [-0.25, -0.2) is 0 Å². The van der Waals surface area contributed by atoms with Gasteiger partial charge < -0.3 is 9.09 Å². The molecular weight excluding hydrogens is 216 g/mol. The Morgan fingerprint density at radius 3 is 3.07 bits per heavy atom. The van der Waals surface area contributed by atoms with Gasteiger partial charge in [0.1, 0.15) is 0 Å². The van der Waals surface area contributed by atoms with Crippen molar-refractivity contribution in [3.05, 3.63) is 39.1 Å². The molecule has 2 heterocycles. The van der Waals surface area contributed by atoms with Crippen LogP contribution in [0.2, 0.25) is 0 Å². The summed E-state index contributed by atoms with van der Waals surface area (Å²) in [5, 5.41) is 3.73. The highest BCUT2D eigenvalue weighted by atomic mass is 32.1. The molecule has 0 aliphatic heterocycles. The van der Waals surface area contributed by atoms with Crippen molar-refractivity contribution in [3.63, 3.8) is 0 Å². The summed E-state index contributed by atoms with van der Waals surface area (Å²) in [7, 11) is 0. The van der Waals surface area contributed by atoms with Crippen LogP contribution < -0.4 is 5.56 Å². The van der Waals surface area contributed by atoms with Gasteiger partial charge in [-0.05, 0) is 12.2 Å². The van der Waals surface area contributed by atoms with Crippen molar-refractivity contribution in [2.45, 2.75) is 13.5 Å². The van der Waals surface area contributed by atoms with Gasteiger partial charge in [0.15, 0.2) is 10.6 Å². The number of aryl methyl sites for hydroxylation is 1. The van der Waals surface area contributed by atoms with Crippen LogP contribution in [0.1, 0.15) is 11.7 Å². The summed E-state index contributed by atoms with van der Waals surface area (Å²) in [6.07, 6.45) is 1.59. The zero-order valence-corrected chi connectivity index (χ0v) is 8.74. The lowest BCUT2D eigenvalue weighted by atomic mass is 10.5. The number of rotatable bonds is 2. The first-order valence-electron chi connectivity index (χ1n) is 4.24. The molecule has 0 aliphatic carbocycles. The molecule has 0 saturated carbocycles. The molecule has 6 nitrogen and oxygen atoms in total. The first-order valence-corrected chi connectivity index (χ1v) is 4.65. The second-order valence-corrected chi connectivity index (χ2v) is 3.35. The van der Waals surface area contributed by atoms with E-state index in [0.717, 1.165) is 0 Å². The van der Waals surface area contributed by atoms with Crippen molar-refractivity contribution in [2.24, 2.45) is 0 Å². The van der Waals surface area contributed by atoms with Crippen LogP contribution in [0.5, 0.6) is 0 Å². The molecule has 78 valence electrons. The molecule has 0 radical (unpaired) electrons. The molecule has 0 amide bonds. The average Bonchev–Trinajstić information content (AvgIpc) is 2.56. The molecule has 0 bridgehead atoms. The molecule has 0 spiro atoms. The maximum Gasteiger partial charge on any atom is 0.251 e. The van der Waals surface area contributed by atoms with E-state index in [9.17, 15) is 4.79 Å². The van der Waals surface area contributed by atoms with E-state index in [1.807, 2.05) is 0 Å². The Labute approximate surface area is 89.6 Å². The van der Waals surface area contributed by atoms with Gasteiger partial charge in [-0.3, -0.25) is 9.78 Å². The van der Waals surface area contributed by atoms with Gasteiger partial charge in [0.05, 0.1) is 6.54 Å². The molecule has 15 heavy (non-hydrogen) atoms. The minimum atomic E-state index is -0.222. The monoisotopic (exact) mass is 224 g/mol. The van der Waals surface area contributed by atoms with Gasteiger partial charge >= 0.3 is 0 Å². The maximum atomic E-state index is 10.9. The number of nitrogens with one attached hydrogen (secondary N) is 1. The highest BCUT2D eigenvalue weighted by molar-refractivity contribution is 7.71. The van der Waals surface area contributed by atoms with Gasteiger partial charge in [0.25, 0.3) is 5.56 Å². The van der Waals surface area contributed by atoms with E-state index in [1.165, 1.54) is 6.07 Å². The van der Waals surface area contributed by atoms with Gasteiger partial charge in [-0.1, -0.05) is 5.16 Å². The molecule has 0 unspecified atom stereocenters. The van der Waals surface area contributed by atoms with Crippen LogP contribution in [-0.2, 0) is 6.54 Å². The van der Waals surface area contributed by atoms with Crippen LogP contribution in [0.4, 0.5) is 0 Å². The zero-order valence-electron chi connectivity index (χ0n) is 7.93. The summed E-state index contributed by atoms with van der Waals surface area (Å²) in [6.45, 7) is 2.09. The Kier molecular flexibility index (Phi) is 2.46. The lowest BCUT2D eigenvalue weighted by Crippen LogP contribution is -2.12. The third-order valence-corrected chi connectivity index (χ3v) is 2.11. The summed E-state index contributed by atoms with van der Waals surface area (Å²) in [5.74, 6) is 1.02. The largest absolute Gasteiger partial charge is 0.340 e. The van der Waals surface area contributed by atoms with E-state index in [2.05, 4.69) is 15.1 Å². The fourth-order valence-corrected chi connectivity index (χ4v) is 1.35. The molecule has 0 aliphatic rings. The van der Waals surface area contributed by atoms with Crippen LogP contribution in [-0.4, -0.2) is 19.7 Å². The molecule has 0 aromatic carbocycles. The van der Waals surface area contributed by atoms with E-state index in [4.69, 9.17) is 16.7 Å². The van der Waals surface area contributed by atoms with E-state index in [-0.39, 0.29) is 5.56 Å². The predicted molar refractivity (Wildman–Crippen MR) is 54.0 cm³/mol. The molecule has 2 aromatic heterocycles. The average molecular weight is 224 g/mol. The number of nitrogens with zero attached hydrogens (tertiary/aromatic N) is 3. The van der Waals surface area contributed by atoms with Crippen LogP contribution in [0, 0.1) is 11.7 Å². The maximum absolute atomic E-state index is 10.9. The topological polar surface area (TPSA) is 76.7 Å². The van der Waals surface area contributed by atoms with Crippen molar-refractivity contribution in [2.75, 3.05) is 0 Å². The van der Waals surface area contributed by atoms with Crippen molar-refractivity contribution in [1.82, 2.24) is 19.7 Å². The predicted octanol–water partition coefficient (Wildman–Crippen LogP) is 0.646. The Balaban J connectivity index is 2.32. The number of H-pyrrole nitrogens is 1. The molecule has 2 aromatic rings. The standard InChI is InChI=1S/C8H8N4O2S/c1-5-9-6(11-14-5)4-12-3-2-7(13)10-8(12)15/h2-3H,4H2,1H3,(H,10,13,15). The number of hydrogen-bond donors (Lipinski definition) is 1. The number of hydrogen-bond acceptors (Lipinski definition) is 5. The Bertz CT molecular complexity index is 583. The quantitative estimate of drug-likeness (QED) is 0.758. The van der Waals surface area contributed by atoms with Crippen molar-refractivity contribution in [3.8, 4) is 0 Å². The van der Waals surface area contributed by atoms with E-state index < -0.39 is 0 Å². The van der Waals surface area contributed by atoms with Gasteiger partial charge in [0.2, 0.25) is 5.89 Å². The van der Waals surface area contributed by atoms with E-state index >= 15 is 0 Å². The van der Waals surface area contributed by atoms with Gasteiger partial charge in [-0.15, -0.1) is 0 Å². The van der Waals surface area contributed by atoms with E-state index in [0.29, 0.717) is 23.0 Å². The lowest BCUT2D eigenvalue weighted by Gasteiger charge is -2.00. The molecule has 7 heteroatoms. The van der Waals surface area contributed by atoms with Crippen LogP contribution in [0.25, 0.3) is 0 Å². The number of aromatic amines is 1. The normalized spacial score (nSPS) is 10.5. The van der Waals surface area contributed by atoms with Crippen LogP contribution in [0.15, 0.2) is 21.6 Å². The van der Waals surface area contributed by atoms with Crippen molar-refractivity contribution < 1.29 is 4.52 Å². The third-order valence-electron chi connectivity index (χ3n) is 1.78. The van der Waals surface area contributed by atoms with Crippen LogP contribution in [0.3, 0.4) is 0 Å². The Hall–Kier alpha value is -1.76.